The zero-order chi connectivity index (χ0) is 7.56. The van der Waals surface area contributed by atoms with E-state index in [0.717, 1.165) is 0 Å². The minimum Gasteiger partial charge on any atom is -0.415 e. The van der Waals surface area contributed by atoms with Crippen LogP contribution in [0.2, 0.25) is 0 Å². The summed E-state index contributed by atoms with van der Waals surface area (Å²) in [5.41, 5.74) is 3.38. The quantitative estimate of drug-likeness (QED) is 0.605. The van der Waals surface area contributed by atoms with Gasteiger partial charge in [0.15, 0.2) is 0 Å². The molecule has 0 amide bonds. The number of alkyl halides is 2. The van der Waals surface area contributed by atoms with Gasteiger partial charge in [-0.3, -0.25) is 0 Å². The maximum Gasteiger partial charge on any atom is 0.388 e. The molecule has 0 aromatic rings. The summed E-state index contributed by atoms with van der Waals surface area (Å²) in [5, 5.41) is 3.26. The lowest BCUT2D eigenvalue weighted by Crippen LogP contribution is -2.04. The average molecular weight is 212 g/mol. The molecule has 1 aliphatic heterocycles. The second kappa shape index (κ2) is 2.96. The SMILES string of the molecule is FC(F)OC1=N[N]C(Br)=C1. The summed E-state index contributed by atoms with van der Waals surface area (Å²) in [6, 6.07) is 0. The van der Waals surface area contributed by atoms with Crippen LogP contribution in [0.1, 0.15) is 0 Å². The molecule has 0 fully saturated rings. The summed E-state index contributed by atoms with van der Waals surface area (Å²) in [5.74, 6) is -0.179. The van der Waals surface area contributed by atoms with Crippen molar-refractivity contribution in [1.82, 2.24) is 5.43 Å². The zero-order valence-corrected chi connectivity index (χ0v) is 6.18. The third-order valence-electron chi connectivity index (χ3n) is 0.697. The number of hydrogen-bond acceptors (Lipinski definition) is 2. The Labute approximate surface area is 63.9 Å². The Hall–Kier alpha value is -0.650. The predicted octanol–water partition coefficient (Wildman–Crippen LogP) is 1.39. The number of nitrogens with zero attached hydrogens (tertiary/aromatic N) is 2. The van der Waals surface area contributed by atoms with Gasteiger partial charge in [0.25, 0.3) is 0 Å². The van der Waals surface area contributed by atoms with E-state index in [4.69, 9.17) is 0 Å². The van der Waals surface area contributed by atoms with Crippen LogP contribution in [-0.4, -0.2) is 12.5 Å². The topological polar surface area (TPSA) is 35.7 Å². The fraction of sp³-hybridized carbons (Fsp3) is 0.250. The maximum absolute atomic E-state index is 11.4. The molecular formula is C4H2BrF2N2O. The van der Waals surface area contributed by atoms with Gasteiger partial charge in [-0.15, -0.1) is 10.5 Å². The molecule has 0 unspecified atom stereocenters. The molecule has 3 nitrogen and oxygen atoms in total. The fourth-order valence-corrected chi connectivity index (χ4v) is 0.681. The Morgan fingerprint density at radius 2 is 2.30 bits per heavy atom. The minimum absolute atomic E-state index is 0.179. The van der Waals surface area contributed by atoms with Gasteiger partial charge in [0.05, 0.1) is 0 Å². The first-order valence-electron chi connectivity index (χ1n) is 2.29. The van der Waals surface area contributed by atoms with E-state index in [1.807, 2.05) is 0 Å². The molecule has 0 N–H and O–H groups in total. The molecule has 1 aliphatic rings. The number of rotatable bonds is 1. The van der Waals surface area contributed by atoms with E-state index in [1.165, 1.54) is 6.08 Å². The van der Waals surface area contributed by atoms with Gasteiger partial charge in [-0.05, 0) is 15.9 Å². The molecule has 55 valence electrons. The molecule has 0 atom stereocenters. The Morgan fingerprint density at radius 1 is 1.60 bits per heavy atom. The summed E-state index contributed by atoms with van der Waals surface area (Å²) >= 11 is 2.92. The highest BCUT2D eigenvalue weighted by molar-refractivity contribution is 9.11. The van der Waals surface area contributed by atoms with Gasteiger partial charge in [-0.2, -0.15) is 8.78 Å². The van der Waals surface area contributed by atoms with E-state index in [9.17, 15) is 8.78 Å². The van der Waals surface area contributed by atoms with Crippen LogP contribution in [0.25, 0.3) is 0 Å². The summed E-state index contributed by atoms with van der Waals surface area (Å²) < 4.78 is 27.1. The molecule has 0 bridgehead atoms. The van der Waals surface area contributed by atoms with Crippen LogP contribution >= 0.6 is 15.9 Å². The van der Waals surface area contributed by atoms with Gasteiger partial charge in [0.2, 0.25) is 5.90 Å². The third-order valence-corrected chi connectivity index (χ3v) is 1.08. The Morgan fingerprint density at radius 3 is 2.70 bits per heavy atom. The minimum atomic E-state index is -2.84. The molecule has 0 spiro atoms. The van der Waals surface area contributed by atoms with Crippen molar-refractivity contribution in [2.45, 2.75) is 6.61 Å². The van der Waals surface area contributed by atoms with Gasteiger partial charge in [-0.1, -0.05) is 0 Å². The lowest BCUT2D eigenvalue weighted by atomic mass is 10.6. The molecule has 0 aromatic carbocycles. The Bertz CT molecular complexity index is 192. The molecule has 0 aliphatic carbocycles. The van der Waals surface area contributed by atoms with E-state index < -0.39 is 6.61 Å². The Balaban J connectivity index is 2.44. The first-order valence-corrected chi connectivity index (χ1v) is 3.08. The second-order valence-electron chi connectivity index (χ2n) is 1.38. The first kappa shape index (κ1) is 7.46. The van der Waals surface area contributed by atoms with Gasteiger partial charge < -0.3 is 4.74 Å². The van der Waals surface area contributed by atoms with Crippen LogP contribution < -0.4 is 5.43 Å². The summed E-state index contributed by atoms with van der Waals surface area (Å²) in [7, 11) is 0. The van der Waals surface area contributed by atoms with Crippen molar-refractivity contribution in [3.63, 3.8) is 0 Å². The maximum atomic E-state index is 11.4. The van der Waals surface area contributed by atoms with Crippen LogP contribution in [0.3, 0.4) is 0 Å². The number of halogens is 3. The summed E-state index contributed by atoms with van der Waals surface area (Å²) in [6.45, 7) is -2.84. The molecule has 10 heavy (non-hydrogen) atoms. The molecule has 6 heteroatoms. The molecule has 1 rings (SSSR count). The van der Waals surface area contributed by atoms with Crippen LogP contribution in [0.5, 0.6) is 0 Å². The normalized spacial score (nSPS) is 16.4. The van der Waals surface area contributed by atoms with Crippen LogP contribution in [0.15, 0.2) is 15.8 Å². The monoisotopic (exact) mass is 211 g/mol. The molecular weight excluding hydrogens is 210 g/mol. The highest BCUT2D eigenvalue weighted by atomic mass is 79.9. The predicted molar refractivity (Wildman–Crippen MR) is 33.7 cm³/mol. The molecule has 1 heterocycles. The molecule has 0 aromatic heterocycles. The van der Waals surface area contributed by atoms with Crippen molar-refractivity contribution < 1.29 is 13.5 Å². The van der Waals surface area contributed by atoms with Gasteiger partial charge in [0.1, 0.15) is 4.61 Å². The lowest BCUT2D eigenvalue weighted by Gasteiger charge is -1.97. The number of hydrogen-bond donors (Lipinski definition) is 0. The first-order chi connectivity index (χ1) is 4.68. The van der Waals surface area contributed by atoms with E-state index in [1.54, 1.807) is 0 Å². The average Bonchev–Trinajstić information content (AvgIpc) is 2.13. The van der Waals surface area contributed by atoms with Crippen molar-refractivity contribution in [2.75, 3.05) is 0 Å². The van der Waals surface area contributed by atoms with Crippen molar-refractivity contribution in [2.24, 2.45) is 5.10 Å². The fourth-order valence-electron chi connectivity index (χ4n) is 0.406. The highest BCUT2D eigenvalue weighted by Crippen LogP contribution is 2.10. The van der Waals surface area contributed by atoms with Crippen molar-refractivity contribution in [3.05, 3.63) is 10.7 Å². The largest absolute Gasteiger partial charge is 0.415 e. The lowest BCUT2D eigenvalue weighted by molar-refractivity contribution is -0.0593. The highest BCUT2D eigenvalue weighted by Gasteiger charge is 2.12. The van der Waals surface area contributed by atoms with Gasteiger partial charge in [-0.25, -0.2) is 0 Å². The van der Waals surface area contributed by atoms with E-state index in [0.29, 0.717) is 4.61 Å². The van der Waals surface area contributed by atoms with Crippen molar-refractivity contribution >= 4 is 21.8 Å². The van der Waals surface area contributed by atoms with Crippen LogP contribution in [-0.2, 0) is 4.74 Å². The number of ether oxygens (including phenoxy) is 1. The molecule has 1 radical (unpaired) electrons. The second-order valence-corrected chi connectivity index (χ2v) is 2.20. The molecule has 0 saturated carbocycles. The van der Waals surface area contributed by atoms with E-state index >= 15 is 0 Å². The molecule has 0 saturated heterocycles. The third kappa shape index (κ3) is 1.94. The van der Waals surface area contributed by atoms with E-state index in [-0.39, 0.29) is 5.90 Å². The van der Waals surface area contributed by atoms with Crippen molar-refractivity contribution in [1.29, 1.82) is 0 Å². The van der Waals surface area contributed by atoms with Gasteiger partial charge >= 0.3 is 6.61 Å². The van der Waals surface area contributed by atoms with Crippen LogP contribution in [0, 0.1) is 0 Å². The summed E-state index contributed by atoms with van der Waals surface area (Å²) in [6.07, 6.45) is 1.26. The van der Waals surface area contributed by atoms with Gasteiger partial charge in [0, 0.05) is 6.08 Å². The van der Waals surface area contributed by atoms with E-state index in [2.05, 4.69) is 31.2 Å². The Kier molecular flexibility index (Phi) is 2.21. The zero-order valence-electron chi connectivity index (χ0n) is 4.59. The van der Waals surface area contributed by atoms with Crippen LogP contribution in [0.4, 0.5) is 8.78 Å². The standard InChI is InChI=1S/C4H2BrF2N2O/c5-2-1-3(9-8-2)10-4(6)7/h1,4H. The van der Waals surface area contributed by atoms with Crippen molar-refractivity contribution in [3.8, 4) is 0 Å². The summed E-state index contributed by atoms with van der Waals surface area (Å²) in [4.78, 5) is 0. The smallest absolute Gasteiger partial charge is 0.388 e.